The lowest BCUT2D eigenvalue weighted by Gasteiger charge is -2.30. The summed E-state index contributed by atoms with van der Waals surface area (Å²) < 4.78 is 12.0. The molecule has 4 nitrogen and oxygen atoms in total. The van der Waals surface area contributed by atoms with Crippen LogP contribution in [0.15, 0.2) is 84.6 Å². The Balaban J connectivity index is 1.37. The molecular formula is C27H23NO3. The summed E-state index contributed by atoms with van der Waals surface area (Å²) in [6, 6.07) is 22.2. The lowest BCUT2D eigenvalue weighted by Crippen LogP contribution is -2.32. The van der Waals surface area contributed by atoms with Crippen molar-refractivity contribution >= 4 is 11.9 Å². The minimum atomic E-state index is -0.0844. The van der Waals surface area contributed by atoms with Crippen LogP contribution >= 0.6 is 0 Å². The zero-order valence-electron chi connectivity index (χ0n) is 17.4. The lowest BCUT2D eigenvalue weighted by molar-refractivity contribution is 0.0876. The van der Waals surface area contributed by atoms with Crippen LogP contribution in [-0.2, 0) is 13.1 Å². The van der Waals surface area contributed by atoms with Crippen molar-refractivity contribution in [3.05, 3.63) is 112 Å². The number of hydrogen-bond acceptors (Lipinski definition) is 4. The number of carbonyl (C=O) groups is 1. The molecule has 31 heavy (non-hydrogen) atoms. The summed E-state index contributed by atoms with van der Waals surface area (Å²) in [6.07, 6.45) is 5.53. The molecule has 0 radical (unpaired) electrons. The van der Waals surface area contributed by atoms with E-state index in [1.165, 1.54) is 5.56 Å². The summed E-state index contributed by atoms with van der Waals surface area (Å²) in [4.78, 5) is 15.2. The summed E-state index contributed by atoms with van der Waals surface area (Å²) in [7, 11) is 0. The predicted octanol–water partition coefficient (Wildman–Crippen LogP) is 5.52. The van der Waals surface area contributed by atoms with E-state index in [4.69, 9.17) is 9.47 Å². The first-order valence-corrected chi connectivity index (χ1v) is 10.4. The maximum Gasteiger partial charge on any atom is 0.231 e. The van der Waals surface area contributed by atoms with Crippen LogP contribution in [0, 0.1) is 6.92 Å². The molecule has 0 aromatic heterocycles. The van der Waals surface area contributed by atoms with E-state index in [0.717, 1.165) is 35.5 Å². The first-order chi connectivity index (χ1) is 15.2. The van der Waals surface area contributed by atoms with Gasteiger partial charge in [0.2, 0.25) is 5.78 Å². The molecule has 0 bridgehead atoms. The van der Waals surface area contributed by atoms with E-state index in [1.54, 1.807) is 6.08 Å². The van der Waals surface area contributed by atoms with Crippen LogP contribution in [0.2, 0.25) is 0 Å². The van der Waals surface area contributed by atoms with Crippen LogP contribution in [0.1, 0.15) is 32.6 Å². The second-order valence-corrected chi connectivity index (χ2v) is 7.84. The third-order valence-electron chi connectivity index (χ3n) is 5.59. The molecule has 0 spiro atoms. The van der Waals surface area contributed by atoms with Crippen LogP contribution in [0.4, 0.5) is 0 Å². The first-order valence-electron chi connectivity index (χ1n) is 10.4. The van der Waals surface area contributed by atoms with Gasteiger partial charge in [0, 0.05) is 24.2 Å². The van der Waals surface area contributed by atoms with E-state index in [1.807, 2.05) is 73.7 Å². The number of allylic oxidation sites excluding steroid dienone is 3. The molecule has 2 heterocycles. The fourth-order valence-electron chi connectivity index (χ4n) is 4.06. The fraction of sp³-hybridized carbons (Fsp3) is 0.148. The van der Waals surface area contributed by atoms with Crippen LogP contribution in [0.3, 0.4) is 0 Å². The topological polar surface area (TPSA) is 38.8 Å². The number of ether oxygens (including phenoxy) is 2. The van der Waals surface area contributed by atoms with Crippen LogP contribution in [-0.4, -0.2) is 17.4 Å². The van der Waals surface area contributed by atoms with E-state index < -0.39 is 0 Å². The van der Waals surface area contributed by atoms with Gasteiger partial charge in [-0.15, -0.1) is 0 Å². The number of nitrogens with zero attached hydrogens (tertiary/aromatic N) is 1. The lowest BCUT2D eigenvalue weighted by atomic mass is 10.00. The highest BCUT2D eigenvalue weighted by Crippen LogP contribution is 2.43. The average molecular weight is 409 g/mol. The maximum absolute atomic E-state index is 13.0. The molecule has 2 aliphatic heterocycles. The number of hydrogen-bond donors (Lipinski definition) is 0. The standard InChI is InChI=1S/C27H23NO3/c1-19-26-22(17-28(18-30-26)16-21-11-6-3-7-12-21)15-23-25(29)24(31-27(19)23)14-8-13-20-9-4-2-5-10-20/h2-15H,16-18H2,1H3/b13-8+,24-14-. The highest BCUT2D eigenvalue weighted by Gasteiger charge is 2.33. The van der Waals surface area contributed by atoms with Crippen molar-refractivity contribution in [2.45, 2.75) is 20.0 Å². The van der Waals surface area contributed by atoms with Crippen LogP contribution < -0.4 is 9.47 Å². The van der Waals surface area contributed by atoms with Gasteiger partial charge < -0.3 is 9.47 Å². The fourth-order valence-corrected chi connectivity index (χ4v) is 4.06. The van der Waals surface area contributed by atoms with E-state index in [2.05, 4.69) is 17.0 Å². The number of rotatable bonds is 4. The van der Waals surface area contributed by atoms with Gasteiger partial charge in [0.05, 0.1) is 5.56 Å². The Hall–Kier alpha value is -3.63. The number of carbonyl (C=O) groups excluding carboxylic acids is 1. The largest absolute Gasteiger partial charge is 0.477 e. The Morgan fingerprint density at radius 1 is 1.00 bits per heavy atom. The number of fused-ring (bicyclic) bond motifs is 2. The first kappa shape index (κ1) is 19.3. The van der Waals surface area contributed by atoms with E-state index in [-0.39, 0.29) is 5.78 Å². The molecule has 3 aromatic rings. The quantitative estimate of drug-likeness (QED) is 0.532. The van der Waals surface area contributed by atoms with Crippen molar-refractivity contribution in [2.24, 2.45) is 0 Å². The molecule has 0 fully saturated rings. The van der Waals surface area contributed by atoms with Crippen LogP contribution in [0.25, 0.3) is 6.08 Å². The highest BCUT2D eigenvalue weighted by atomic mass is 16.5. The minimum Gasteiger partial charge on any atom is -0.477 e. The Bertz CT molecular complexity index is 1180. The molecule has 0 N–H and O–H groups in total. The van der Waals surface area contributed by atoms with E-state index in [9.17, 15) is 4.79 Å². The van der Waals surface area contributed by atoms with Crippen molar-refractivity contribution in [3.63, 3.8) is 0 Å². The summed E-state index contributed by atoms with van der Waals surface area (Å²) in [5, 5.41) is 0. The Morgan fingerprint density at radius 2 is 1.74 bits per heavy atom. The molecule has 5 rings (SSSR count). The van der Waals surface area contributed by atoms with Crippen LogP contribution in [0.5, 0.6) is 11.5 Å². The van der Waals surface area contributed by atoms with Gasteiger partial charge >= 0.3 is 0 Å². The molecule has 2 aliphatic rings. The minimum absolute atomic E-state index is 0.0844. The summed E-state index contributed by atoms with van der Waals surface area (Å²) in [5.41, 5.74) is 4.83. The second-order valence-electron chi connectivity index (χ2n) is 7.84. The molecule has 4 heteroatoms. The molecule has 0 unspecified atom stereocenters. The molecule has 0 amide bonds. The van der Waals surface area contributed by atoms with Gasteiger partial charge in [0.1, 0.15) is 18.2 Å². The SMILES string of the molecule is Cc1c2c(cc3c1O/C(=C\C=C\c1ccccc1)C3=O)CN(Cc1ccccc1)CO2. The van der Waals surface area contributed by atoms with Gasteiger partial charge in [-0.1, -0.05) is 72.8 Å². The third kappa shape index (κ3) is 3.90. The Kier molecular flexibility index (Phi) is 5.14. The van der Waals surface area contributed by atoms with E-state index in [0.29, 0.717) is 23.8 Å². The monoisotopic (exact) mass is 409 g/mol. The van der Waals surface area contributed by atoms with Gasteiger partial charge in [-0.3, -0.25) is 9.69 Å². The average Bonchev–Trinajstić information content (AvgIpc) is 3.11. The van der Waals surface area contributed by atoms with Gasteiger partial charge in [0.25, 0.3) is 0 Å². The molecule has 0 atom stereocenters. The maximum atomic E-state index is 13.0. The molecule has 0 aliphatic carbocycles. The summed E-state index contributed by atoms with van der Waals surface area (Å²) in [6.45, 7) is 4.01. The predicted molar refractivity (Wildman–Crippen MR) is 121 cm³/mol. The number of Topliss-reactive ketones (excluding diaryl/α,β-unsaturated/α-hetero) is 1. The van der Waals surface area contributed by atoms with E-state index >= 15 is 0 Å². The van der Waals surface area contributed by atoms with Gasteiger partial charge in [-0.2, -0.15) is 0 Å². The molecular weight excluding hydrogens is 386 g/mol. The number of benzene rings is 3. The van der Waals surface area contributed by atoms with Gasteiger partial charge in [-0.25, -0.2) is 0 Å². The summed E-state index contributed by atoms with van der Waals surface area (Å²) >= 11 is 0. The molecule has 0 saturated heterocycles. The molecule has 154 valence electrons. The molecule has 0 saturated carbocycles. The number of ketones is 1. The zero-order valence-corrected chi connectivity index (χ0v) is 17.4. The van der Waals surface area contributed by atoms with Crippen molar-refractivity contribution < 1.29 is 14.3 Å². The molecule has 3 aromatic carbocycles. The van der Waals surface area contributed by atoms with Crippen molar-refractivity contribution in [3.8, 4) is 11.5 Å². The summed E-state index contributed by atoms with van der Waals surface area (Å²) in [5.74, 6) is 1.70. The second kappa shape index (κ2) is 8.25. The van der Waals surface area contributed by atoms with Crippen molar-refractivity contribution in [1.29, 1.82) is 0 Å². The van der Waals surface area contributed by atoms with Gasteiger partial charge in [-0.05, 0) is 30.2 Å². The Labute approximate surface area is 182 Å². The Morgan fingerprint density at radius 3 is 2.52 bits per heavy atom. The van der Waals surface area contributed by atoms with Crippen molar-refractivity contribution in [1.82, 2.24) is 4.90 Å². The normalized spacial score (nSPS) is 16.8. The zero-order chi connectivity index (χ0) is 21.2. The smallest absolute Gasteiger partial charge is 0.231 e. The highest BCUT2D eigenvalue weighted by molar-refractivity contribution is 6.13. The van der Waals surface area contributed by atoms with Gasteiger partial charge in [0.15, 0.2) is 5.76 Å². The van der Waals surface area contributed by atoms with Crippen molar-refractivity contribution in [2.75, 3.05) is 6.73 Å². The third-order valence-corrected chi connectivity index (χ3v) is 5.59.